The average molecular weight is 201 g/mol. The predicted octanol–water partition coefficient (Wildman–Crippen LogP) is 1.08. The molecule has 1 rings (SSSR count). The first-order valence-electron chi connectivity index (χ1n) is 3.36. The number of nitrogens with two attached hydrogens (primary N) is 1. The van der Waals surface area contributed by atoms with E-state index in [1.54, 1.807) is 0 Å². The van der Waals surface area contributed by atoms with Gasteiger partial charge in [0.2, 0.25) is 0 Å². The maximum Gasteiger partial charge on any atom is 0.330 e. The zero-order chi connectivity index (χ0) is 10.3. The third kappa shape index (κ3) is 10.8. The first kappa shape index (κ1) is 11.8. The molecule has 0 heterocycles. The van der Waals surface area contributed by atoms with Gasteiger partial charge in [0.1, 0.15) is 0 Å². The topological polar surface area (TPSA) is 80.4 Å². The highest BCUT2D eigenvalue weighted by molar-refractivity contribution is 7.83. The van der Waals surface area contributed by atoms with Gasteiger partial charge in [-0.2, -0.15) is 8.42 Å². The Labute approximate surface area is 77.6 Å². The molecule has 0 aliphatic rings. The van der Waals surface area contributed by atoms with Crippen LogP contribution in [0.5, 0.6) is 0 Å². The molecule has 3 N–H and O–H groups in total. The molecule has 0 aromatic heterocycles. The first-order valence-corrected chi connectivity index (χ1v) is 4.86. The molecule has 1 aromatic rings. The van der Waals surface area contributed by atoms with E-state index in [0.717, 1.165) is 0 Å². The highest BCUT2D eigenvalue weighted by Crippen LogP contribution is 1.97. The zero-order valence-corrected chi connectivity index (χ0v) is 7.74. The highest BCUT2D eigenvalue weighted by atomic mass is 32.2. The maximum absolute atomic E-state index is 8.97. The number of rotatable bonds is 1. The lowest BCUT2D eigenvalue weighted by atomic mass is 10.2. The summed E-state index contributed by atoms with van der Waals surface area (Å²) in [4.78, 5) is 0. The fourth-order valence-corrected chi connectivity index (χ4v) is 0.589. The summed E-state index contributed by atoms with van der Waals surface area (Å²) in [5.41, 5.74) is 1.17. The van der Waals surface area contributed by atoms with Crippen molar-refractivity contribution in [2.45, 2.75) is 0 Å². The maximum atomic E-state index is 8.97. The summed E-state index contributed by atoms with van der Waals surface area (Å²) in [5, 5.41) is 3.88. The quantitative estimate of drug-likeness (QED) is 0.667. The van der Waals surface area contributed by atoms with Crippen molar-refractivity contribution in [3.63, 3.8) is 0 Å². The summed E-state index contributed by atoms with van der Waals surface area (Å²) in [6.45, 7) is 3.63. The molecule has 13 heavy (non-hydrogen) atoms. The minimum Gasteiger partial charge on any atom is -0.274 e. The monoisotopic (exact) mass is 201 g/mol. The third-order valence-corrected chi connectivity index (χ3v) is 1.04. The van der Waals surface area contributed by atoms with Crippen LogP contribution in [0.1, 0.15) is 5.56 Å². The SMILES string of the molecule is C=Cc1ccccc1.NS(=O)(=O)O. The van der Waals surface area contributed by atoms with Gasteiger partial charge in [-0.1, -0.05) is 43.0 Å². The van der Waals surface area contributed by atoms with Crippen molar-refractivity contribution < 1.29 is 13.0 Å². The van der Waals surface area contributed by atoms with E-state index in [-0.39, 0.29) is 0 Å². The fraction of sp³-hybridized carbons (Fsp3) is 0. The van der Waals surface area contributed by atoms with Crippen LogP contribution in [0.15, 0.2) is 36.9 Å². The Morgan fingerprint density at radius 3 is 1.92 bits per heavy atom. The van der Waals surface area contributed by atoms with E-state index in [1.165, 1.54) is 5.56 Å². The molecule has 4 nitrogen and oxygen atoms in total. The molecule has 72 valence electrons. The van der Waals surface area contributed by atoms with Gasteiger partial charge in [-0.15, -0.1) is 0 Å². The molecule has 0 amide bonds. The molecule has 0 unspecified atom stereocenters. The lowest BCUT2D eigenvalue weighted by Gasteiger charge is -1.85. The van der Waals surface area contributed by atoms with Crippen molar-refractivity contribution in [2.75, 3.05) is 0 Å². The van der Waals surface area contributed by atoms with E-state index in [4.69, 9.17) is 13.0 Å². The van der Waals surface area contributed by atoms with Gasteiger partial charge in [-0.05, 0) is 5.56 Å². The summed E-state index contributed by atoms with van der Waals surface area (Å²) in [6.07, 6.45) is 1.83. The molecular formula is C8H11NO3S. The molecular weight excluding hydrogens is 190 g/mol. The molecule has 0 atom stereocenters. The lowest BCUT2D eigenvalue weighted by Crippen LogP contribution is -2.08. The van der Waals surface area contributed by atoms with Crippen molar-refractivity contribution in [1.29, 1.82) is 0 Å². The van der Waals surface area contributed by atoms with Gasteiger partial charge in [-0.3, -0.25) is 4.55 Å². The van der Waals surface area contributed by atoms with Crippen LogP contribution >= 0.6 is 0 Å². The minimum absolute atomic E-state index is 1.17. The third-order valence-electron chi connectivity index (χ3n) is 1.04. The van der Waals surface area contributed by atoms with Gasteiger partial charge >= 0.3 is 10.3 Å². The van der Waals surface area contributed by atoms with Crippen LogP contribution in [0.4, 0.5) is 0 Å². The Kier molecular flexibility index (Phi) is 4.98. The van der Waals surface area contributed by atoms with Crippen LogP contribution in [-0.4, -0.2) is 13.0 Å². The van der Waals surface area contributed by atoms with Gasteiger partial charge in [0.15, 0.2) is 0 Å². The Bertz CT molecular complexity index is 337. The Morgan fingerprint density at radius 1 is 1.31 bits per heavy atom. The van der Waals surface area contributed by atoms with Gasteiger partial charge in [-0.25, -0.2) is 5.14 Å². The van der Waals surface area contributed by atoms with Crippen LogP contribution < -0.4 is 5.14 Å². The molecule has 0 aliphatic heterocycles. The second-order valence-corrected chi connectivity index (χ2v) is 3.16. The molecule has 0 fully saturated rings. The average Bonchev–Trinajstić information content (AvgIpc) is 2.03. The van der Waals surface area contributed by atoms with Gasteiger partial charge in [0, 0.05) is 0 Å². The molecule has 0 aliphatic carbocycles. The molecule has 5 heteroatoms. The largest absolute Gasteiger partial charge is 0.330 e. The molecule has 0 saturated carbocycles. The second-order valence-electron chi connectivity index (χ2n) is 2.13. The number of hydrogen-bond acceptors (Lipinski definition) is 2. The normalized spacial score (nSPS) is 9.69. The summed E-state index contributed by atoms with van der Waals surface area (Å²) < 4.78 is 25.2. The van der Waals surface area contributed by atoms with Crippen LogP contribution in [0.2, 0.25) is 0 Å². The van der Waals surface area contributed by atoms with E-state index < -0.39 is 10.3 Å². The molecule has 0 saturated heterocycles. The predicted molar refractivity (Wildman–Crippen MR) is 52.3 cm³/mol. The van der Waals surface area contributed by atoms with Gasteiger partial charge < -0.3 is 0 Å². The first-order chi connectivity index (χ1) is 5.93. The fourth-order valence-electron chi connectivity index (χ4n) is 0.589. The lowest BCUT2D eigenvalue weighted by molar-refractivity contribution is 0.485. The van der Waals surface area contributed by atoms with Crippen molar-refractivity contribution in [3.05, 3.63) is 42.5 Å². The summed E-state index contributed by atoms with van der Waals surface area (Å²) in [5.74, 6) is 0. The number of benzene rings is 1. The summed E-state index contributed by atoms with van der Waals surface area (Å²) >= 11 is 0. The summed E-state index contributed by atoms with van der Waals surface area (Å²) in [6, 6.07) is 10.0. The Morgan fingerprint density at radius 2 is 1.69 bits per heavy atom. The zero-order valence-electron chi connectivity index (χ0n) is 6.92. The van der Waals surface area contributed by atoms with E-state index in [1.807, 2.05) is 36.4 Å². The van der Waals surface area contributed by atoms with Crippen molar-refractivity contribution in [1.82, 2.24) is 0 Å². The van der Waals surface area contributed by atoms with Crippen molar-refractivity contribution in [3.8, 4) is 0 Å². The van der Waals surface area contributed by atoms with E-state index in [9.17, 15) is 0 Å². The van der Waals surface area contributed by atoms with Gasteiger partial charge in [0.05, 0.1) is 0 Å². The number of hydrogen-bond donors (Lipinski definition) is 2. The van der Waals surface area contributed by atoms with Gasteiger partial charge in [0.25, 0.3) is 0 Å². The van der Waals surface area contributed by atoms with E-state index >= 15 is 0 Å². The Hall–Kier alpha value is -1.17. The molecule has 0 spiro atoms. The van der Waals surface area contributed by atoms with E-state index in [0.29, 0.717) is 0 Å². The van der Waals surface area contributed by atoms with E-state index in [2.05, 4.69) is 11.7 Å². The standard InChI is InChI=1S/C8H8.H3NO3S/c1-2-8-6-4-3-5-7-8;1-5(2,3)4/h2-7H,1H2;(H3,1,2,3,4). The summed E-state index contributed by atoms with van der Waals surface area (Å²) in [7, 11) is -4.17. The second kappa shape index (κ2) is 5.47. The molecule has 0 radical (unpaired) electrons. The minimum atomic E-state index is -4.17. The van der Waals surface area contributed by atoms with Crippen molar-refractivity contribution in [2.24, 2.45) is 5.14 Å². The Balaban J connectivity index is 0.000000252. The highest BCUT2D eigenvalue weighted by Gasteiger charge is 1.81. The van der Waals surface area contributed by atoms with Crippen molar-refractivity contribution >= 4 is 16.4 Å². The molecule has 0 bridgehead atoms. The van der Waals surface area contributed by atoms with Crippen LogP contribution in [0.25, 0.3) is 6.08 Å². The molecule has 1 aromatic carbocycles. The van der Waals surface area contributed by atoms with Crippen LogP contribution in [0, 0.1) is 0 Å². The van der Waals surface area contributed by atoms with Crippen LogP contribution in [-0.2, 0) is 10.3 Å². The smallest absolute Gasteiger partial charge is 0.274 e. The van der Waals surface area contributed by atoms with Crippen LogP contribution in [0.3, 0.4) is 0 Å².